The van der Waals surface area contributed by atoms with Crippen LogP contribution in [-0.4, -0.2) is 6.29 Å². The third-order valence-corrected chi connectivity index (χ3v) is 2.22. The molecule has 0 aliphatic heterocycles. The number of hydrogen-bond acceptors (Lipinski definition) is 1. The molecule has 1 unspecified atom stereocenters. The van der Waals surface area contributed by atoms with E-state index in [9.17, 15) is 4.79 Å². The van der Waals surface area contributed by atoms with Gasteiger partial charge in [-0.25, -0.2) is 0 Å². The molecule has 0 bridgehead atoms. The van der Waals surface area contributed by atoms with Crippen LogP contribution < -0.4 is 0 Å². The molecule has 0 aromatic heterocycles. The molecule has 1 atom stereocenters. The average Bonchev–Trinajstić information content (AvgIpc) is 2.05. The fourth-order valence-corrected chi connectivity index (χ4v) is 1.43. The predicted molar refractivity (Wildman–Crippen MR) is 57.7 cm³/mol. The second-order valence-corrected chi connectivity index (χ2v) is 3.90. The number of rotatable bonds is 7. The minimum Gasteiger partial charge on any atom is -0.303 e. The fraction of sp³-hybridized carbons (Fsp3) is 0.750. The molecule has 13 heavy (non-hydrogen) atoms. The van der Waals surface area contributed by atoms with Gasteiger partial charge in [0, 0.05) is 6.42 Å². The number of allylic oxidation sites excluding steroid dienone is 2. The van der Waals surface area contributed by atoms with Gasteiger partial charge in [0.2, 0.25) is 0 Å². The Morgan fingerprint density at radius 3 is 2.69 bits per heavy atom. The van der Waals surface area contributed by atoms with E-state index >= 15 is 0 Å². The molecule has 0 fully saturated rings. The zero-order valence-corrected chi connectivity index (χ0v) is 9.18. The zero-order chi connectivity index (χ0) is 10.1. The Morgan fingerprint density at radius 1 is 1.46 bits per heavy atom. The highest BCUT2D eigenvalue weighted by Gasteiger charge is 2.01. The van der Waals surface area contributed by atoms with Crippen molar-refractivity contribution in [3.8, 4) is 0 Å². The van der Waals surface area contributed by atoms with Gasteiger partial charge < -0.3 is 4.79 Å². The highest BCUT2D eigenvalue weighted by atomic mass is 16.1. The van der Waals surface area contributed by atoms with Crippen LogP contribution in [0.5, 0.6) is 0 Å². The van der Waals surface area contributed by atoms with Crippen LogP contribution in [0.1, 0.15) is 52.9 Å². The van der Waals surface area contributed by atoms with Gasteiger partial charge in [0.25, 0.3) is 0 Å². The van der Waals surface area contributed by atoms with E-state index in [4.69, 9.17) is 0 Å². The topological polar surface area (TPSA) is 17.1 Å². The molecule has 76 valence electrons. The molecule has 0 aromatic rings. The van der Waals surface area contributed by atoms with Gasteiger partial charge >= 0.3 is 0 Å². The molecule has 0 aliphatic rings. The summed E-state index contributed by atoms with van der Waals surface area (Å²) < 4.78 is 0. The van der Waals surface area contributed by atoms with Crippen LogP contribution in [0, 0.1) is 5.92 Å². The Labute approximate surface area is 82.2 Å². The lowest BCUT2D eigenvalue weighted by Crippen LogP contribution is -1.95. The Kier molecular flexibility index (Phi) is 7.66. The Morgan fingerprint density at radius 2 is 2.15 bits per heavy atom. The van der Waals surface area contributed by atoms with E-state index in [1.54, 1.807) is 0 Å². The lowest BCUT2D eigenvalue weighted by molar-refractivity contribution is -0.108. The van der Waals surface area contributed by atoms with Gasteiger partial charge in [0.05, 0.1) is 0 Å². The summed E-state index contributed by atoms with van der Waals surface area (Å²) in [6.07, 6.45) is 8.82. The number of carbonyl (C=O) groups is 1. The normalized spacial score (nSPS) is 14.2. The largest absolute Gasteiger partial charge is 0.303 e. The fourth-order valence-electron chi connectivity index (χ4n) is 1.43. The van der Waals surface area contributed by atoms with Gasteiger partial charge in [-0.1, -0.05) is 38.3 Å². The van der Waals surface area contributed by atoms with Crippen molar-refractivity contribution in [2.45, 2.75) is 52.9 Å². The second kappa shape index (κ2) is 8.03. The first-order valence-electron chi connectivity index (χ1n) is 5.30. The third kappa shape index (κ3) is 7.76. The van der Waals surface area contributed by atoms with E-state index in [-0.39, 0.29) is 0 Å². The SMILES string of the molecule is CCCCC=C(C)CC(C)CC=O. The molecule has 0 aliphatic carbocycles. The Hall–Kier alpha value is -0.590. The van der Waals surface area contributed by atoms with Crippen LogP contribution >= 0.6 is 0 Å². The van der Waals surface area contributed by atoms with Crippen molar-refractivity contribution in [2.75, 3.05) is 0 Å². The second-order valence-electron chi connectivity index (χ2n) is 3.90. The first-order chi connectivity index (χ1) is 6.20. The summed E-state index contributed by atoms with van der Waals surface area (Å²) in [5, 5.41) is 0. The number of carbonyl (C=O) groups excluding carboxylic acids is 1. The maximum Gasteiger partial charge on any atom is 0.120 e. The smallest absolute Gasteiger partial charge is 0.120 e. The molecular weight excluding hydrogens is 160 g/mol. The molecule has 1 nitrogen and oxygen atoms in total. The highest BCUT2D eigenvalue weighted by Crippen LogP contribution is 2.14. The Bertz CT molecular complexity index is 159. The van der Waals surface area contributed by atoms with Crippen molar-refractivity contribution >= 4 is 6.29 Å². The number of aldehydes is 1. The van der Waals surface area contributed by atoms with E-state index < -0.39 is 0 Å². The van der Waals surface area contributed by atoms with Crippen molar-refractivity contribution in [3.63, 3.8) is 0 Å². The average molecular weight is 182 g/mol. The van der Waals surface area contributed by atoms with Crippen LogP contribution in [0.4, 0.5) is 0 Å². The molecule has 0 rings (SSSR count). The van der Waals surface area contributed by atoms with Gasteiger partial charge in [0.15, 0.2) is 0 Å². The maximum atomic E-state index is 10.2. The summed E-state index contributed by atoms with van der Waals surface area (Å²) in [5.74, 6) is 0.510. The quantitative estimate of drug-likeness (QED) is 0.333. The minimum absolute atomic E-state index is 0.510. The molecule has 0 spiro atoms. The zero-order valence-electron chi connectivity index (χ0n) is 9.18. The third-order valence-electron chi connectivity index (χ3n) is 2.22. The molecule has 0 aromatic carbocycles. The molecule has 1 heteroatoms. The summed E-state index contributed by atoms with van der Waals surface area (Å²) in [7, 11) is 0. The lowest BCUT2D eigenvalue weighted by atomic mass is 9.99. The molecule has 0 saturated heterocycles. The van der Waals surface area contributed by atoms with Gasteiger partial charge in [-0.2, -0.15) is 0 Å². The van der Waals surface area contributed by atoms with Crippen molar-refractivity contribution in [3.05, 3.63) is 11.6 Å². The molecular formula is C12H22O. The molecule has 0 amide bonds. The summed E-state index contributed by atoms with van der Waals surface area (Å²) in [6, 6.07) is 0. The summed E-state index contributed by atoms with van der Waals surface area (Å²) in [4.78, 5) is 10.2. The first kappa shape index (κ1) is 12.4. The lowest BCUT2D eigenvalue weighted by Gasteiger charge is -2.07. The summed E-state index contributed by atoms with van der Waals surface area (Å²) in [5.41, 5.74) is 1.43. The van der Waals surface area contributed by atoms with E-state index in [2.05, 4.69) is 26.8 Å². The van der Waals surface area contributed by atoms with E-state index in [0.717, 1.165) is 12.7 Å². The van der Waals surface area contributed by atoms with E-state index in [1.807, 2.05) is 0 Å². The maximum absolute atomic E-state index is 10.2. The van der Waals surface area contributed by atoms with Crippen LogP contribution in [0.15, 0.2) is 11.6 Å². The van der Waals surface area contributed by atoms with Gasteiger partial charge in [-0.3, -0.25) is 0 Å². The Balaban J connectivity index is 3.63. The van der Waals surface area contributed by atoms with Crippen LogP contribution in [-0.2, 0) is 4.79 Å². The molecule has 0 N–H and O–H groups in total. The molecule has 0 radical (unpaired) electrons. The molecule has 0 saturated carbocycles. The standard InChI is InChI=1S/C12H22O/c1-4-5-6-7-11(2)10-12(3)8-9-13/h7,9,12H,4-6,8,10H2,1-3H3. The first-order valence-corrected chi connectivity index (χ1v) is 5.30. The van der Waals surface area contributed by atoms with Crippen LogP contribution in [0.25, 0.3) is 0 Å². The van der Waals surface area contributed by atoms with Crippen LogP contribution in [0.3, 0.4) is 0 Å². The van der Waals surface area contributed by atoms with E-state index in [0.29, 0.717) is 12.3 Å². The van der Waals surface area contributed by atoms with Crippen molar-refractivity contribution in [1.29, 1.82) is 0 Å². The van der Waals surface area contributed by atoms with Crippen molar-refractivity contribution in [2.24, 2.45) is 5.92 Å². The van der Waals surface area contributed by atoms with Gasteiger partial charge in [-0.15, -0.1) is 0 Å². The van der Waals surface area contributed by atoms with Gasteiger partial charge in [-0.05, 0) is 25.7 Å². The number of unbranched alkanes of at least 4 members (excludes halogenated alkanes) is 2. The van der Waals surface area contributed by atoms with Crippen molar-refractivity contribution < 1.29 is 4.79 Å². The van der Waals surface area contributed by atoms with Gasteiger partial charge in [0.1, 0.15) is 6.29 Å². The predicted octanol–water partition coefficient (Wildman–Crippen LogP) is 3.74. The summed E-state index contributed by atoms with van der Waals surface area (Å²) >= 11 is 0. The van der Waals surface area contributed by atoms with E-state index in [1.165, 1.54) is 24.8 Å². The molecule has 0 heterocycles. The number of hydrogen-bond donors (Lipinski definition) is 0. The minimum atomic E-state index is 0.510. The van der Waals surface area contributed by atoms with Crippen LogP contribution in [0.2, 0.25) is 0 Å². The monoisotopic (exact) mass is 182 g/mol. The van der Waals surface area contributed by atoms with Crippen molar-refractivity contribution in [1.82, 2.24) is 0 Å². The highest BCUT2D eigenvalue weighted by molar-refractivity contribution is 5.49. The summed E-state index contributed by atoms with van der Waals surface area (Å²) in [6.45, 7) is 6.50.